The number of hydrogen-bond donors (Lipinski definition) is 3. The Bertz CT molecular complexity index is 2060. The minimum absolute atomic E-state index is 0. The Hall–Kier alpha value is -2.91. The van der Waals surface area contributed by atoms with Crippen molar-refractivity contribution in [1.29, 1.82) is 0 Å². The fraction of sp³-hybridized carbons (Fsp3) is 0.152. The van der Waals surface area contributed by atoms with Gasteiger partial charge in [0.2, 0.25) is 0 Å². The van der Waals surface area contributed by atoms with E-state index in [9.17, 15) is 19.1 Å². The number of rotatable bonds is 13. The molecule has 60 heavy (non-hydrogen) atoms. The zero-order chi connectivity index (χ0) is 42.4. The summed E-state index contributed by atoms with van der Waals surface area (Å²) in [6, 6.07) is 48.3. The number of ketones is 2. The van der Waals surface area contributed by atoms with Gasteiger partial charge in [-0.3, -0.25) is 18.8 Å². The van der Waals surface area contributed by atoms with E-state index in [2.05, 4.69) is 20.8 Å². The van der Waals surface area contributed by atoms with Crippen molar-refractivity contribution in [3.05, 3.63) is 186 Å². The summed E-state index contributed by atoms with van der Waals surface area (Å²) in [5.41, 5.74) is 10.3. The number of nitrogen functional groups attached to an aromatic ring is 1. The molecule has 0 heterocycles. The summed E-state index contributed by atoms with van der Waals surface area (Å²) >= 11 is 3.14. The number of anilines is 1. The van der Waals surface area contributed by atoms with Crippen LogP contribution in [0.2, 0.25) is 0 Å². The molecule has 0 spiro atoms. The minimum Gasteiger partial charge on any atom is -1.00 e. The standard InChI is InChI=1S/C22H20O3.C14H11BrO2.C7H9NO.CH3F.CH2O3.CH4.2K.H/c23-16-18-6-4-5-17(15-18)9-14-22(24)19-10-12-21(13-11-19)25-20-7-2-1-3-8-20;15-10-14(16)11-6-8-13(9-7-11)17-12-4-2-1-3-5-12;8-7-3-1-2-6(4-7)5-9;1-2;2-1-4-3;;;;/h1-8,10-13,15,23H,9,14,16H2;1-9H,10H2;1-4,9H,5,8H2;1H3;1,3H;1H4;;;/q;;;;;;2*+1;-1/p-1/i;;;1D;;;;;. The first-order chi connectivity index (χ1) is 28.2. The SMILES string of the molecule is C.Nc1cccc(CO)c1.O=C(CBr)c1ccc(Oc2ccccc2)cc1.O=C(CCc1cccc(CO)c1)c1ccc(Oc2ccccc2)cc1.O=CO[O-].[2H]CF.[H-].[K+].[K+]. The maximum Gasteiger partial charge on any atom is 1.00 e. The van der Waals surface area contributed by atoms with E-state index in [1.165, 1.54) is 0 Å². The molecule has 308 valence electrons. The van der Waals surface area contributed by atoms with Crippen LogP contribution in [0.25, 0.3) is 0 Å². The Labute approximate surface area is 448 Å². The molecule has 0 unspecified atom stereocenters. The third-order valence-corrected chi connectivity index (χ3v) is 7.93. The average Bonchev–Trinajstić information content (AvgIpc) is 3.27. The van der Waals surface area contributed by atoms with Crippen LogP contribution in [0.15, 0.2) is 158 Å². The minimum atomic E-state index is -1.00. The largest absolute Gasteiger partial charge is 1.00 e. The van der Waals surface area contributed by atoms with E-state index in [0.717, 1.165) is 33.9 Å². The molecule has 0 bridgehead atoms. The number of hydrogen-bond acceptors (Lipinski definition) is 10. The Kier molecular flexibility index (Phi) is 34.9. The van der Waals surface area contributed by atoms with Crippen molar-refractivity contribution < 1.29 is 154 Å². The van der Waals surface area contributed by atoms with Crippen LogP contribution in [-0.4, -0.2) is 40.7 Å². The van der Waals surface area contributed by atoms with Crippen LogP contribution in [0.5, 0.6) is 23.0 Å². The molecule has 0 aliphatic rings. The molecule has 0 aliphatic heterocycles. The van der Waals surface area contributed by atoms with Crippen molar-refractivity contribution in [2.24, 2.45) is 0 Å². The van der Waals surface area contributed by atoms with E-state index >= 15 is 0 Å². The number of carbonyl (C=O) groups is 3. The molecule has 4 N–H and O–H groups in total. The molecule has 10 nitrogen and oxygen atoms in total. The van der Waals surface area contributed by atoms with E-state index in [0.29, 0.717) is 40.7 Å². The quantitative estimate of drug-likeness (QED) is 0.0297. The van der Waals surface area contributed by atoms with Crippen molar-refractivity contribution in [3.8, 4) is 23.0 Å². The zero-order valence-corrected chi connectivity index (χ0v) is 40.7. The predicted octanol–water partition coefficient (Wildman–Crippen LogP) is 3.38. The van der Waals surface area contributed by atoms with Gasteiger partial charge in [-0.2, -0.15) is 0 Å². The normalized spacial score (nSPS) is 9.25. The number of alkyl halides is 2. The van der Waals surface area contributed by atoms with Crippen molar-refractivity contribution in [2.75, 3.05) is 18.2 Å². The van der Waals surface area contributed by atoms with Gasteiger partial charge >= 0.3 is 103 Å². The van der Waals surface area contributed by atoms with Gasteiger partial charge in [0.15, 0.2) is 11.6 Å². The Balaban J connectivity index is -0.000000817. The number of aliphatic hydroxyl groups excluding tert-OH is 2. The van der Waals surface area contributed by atoms with E-state index in [4.69, 9.17) is 31.7 Å². The van der Waals surface area contributed by atoms with Gasteiger partial charge in [-0.05, 0) is 108 Å². The second-order valence-corrected chi connectivity index (χ2v) is 12.0. The number of halogens is 2. The van der Waals surface area contributed by atoms with Gasteiger partial charge in [0.25, 0.3) is 6.47 Å². The van der Waals surface area contributed by atoms with Gasteiger partial charge in [-0.25, -0.2) is 0 Å². The number of benzene rings is 6. The molecule has 0 aromatic heterocycles. The maximum atomic E-state index is 12.4. The molecule has 0 aliphatic carbocycles. The number of ether oxygens (including phenoxy) is 2. The summed E-state index contributed by atoms with van der Waals surface area (Å²) < 4.78 is 26.9. The molecular formula is C46H49BrFK2NO9. The Morgan fingerprint density at radius 2 is 1.07 bits per heavy atom. The molecular weight excluding hydrogens is 888 g/mol. The molecule has 6 rings (SSSR count). The van der Waals surface area contributed by atoms with Gasteiger partial charge in [-0.1, -0.05) is 96.2 Å². The second-order valence-electron chi connectivity index (χ2n) is 11.4. The van der Waals surface area contributed by atoms with Crippen LogP contribution in [0.3, 0.4) is 0 Å². The van der Waals surface area contributed by atoms with E-state index in [-0.39, 0.29) is 143 Å². The van der Waals surface area contributed by atoms with Gasteiger partial charge in [0.05, 0.1) is 27.1 Å². The van der Waals surface area contributed by atoms with Crippen LogP contribution in [-0.2, 0) is 29.3 Å². The second kappa shape index (κ2) is 36.7. The fourth-order valence-corrected chi connectivity index (χ4v) is 5.05. The molecule has 0 fully saturated rings. The third-order valence-electron chi connectivity index (χ3n) is 7.42. The molecule has 0 saturated heterocycles. The summed E-state index contributed by atoms with van der Waals surface area (Å²) in [6.07, 6.45) is 1.10. The van der Waals surface area contributed by atoms with Crippen LogP contribution < -0.4 is 123 Å². The van der Waals surface area contributed by atoms with Gasteiger partial charge < -0.3 is 37.0 Å². The fourth-order valence-electron chi connectivity index (χ4n) is 4.72. The Morgan fingerprint density at radius 1 is 0.683 bits per heavy atom. The van der Waals surface area contributed by atoms with Crippen LogP contribution in [0.1, 0.15) is 54.1 Å². The van der Waals surface area contributed by atoms with Crippen LogP contribution in [0.4, 0.5) is 10.1 Å². The van der Waals surface area contributed by atoms with E-state index < -0.39 is 7.15 Å². The predicted molar refractivity (Wildman–Crippen MR) is 228 cm³/mol. The van der Waals surface area contributed by atoms with Crippen LogP contribution >= 0.6 is 15.9 Å². The van der Waals surface area contributed by atoms with Crippen molar-refractivity contribution >= 4 is 39.7 Å². The molecule has 0 saturated carbocycles. The molecule has 0 amide bonds. The monoisotopic (exact) mass is 936 g/mol. The third kappa shape index (κ3) is 24.5. The molecule has 6 aromatic carbocycles. The van der Waals surface area contributed by atoms with E-state index in [1.807, 2.05) is 109 Å². The maximum absolute atomic E-state index is 12.4. The zero-order valence-electron chi connectivity index (χ0n) is 34.9. The number of aliphatic hydroxyl groups is 2. The van der Waals surface area contributed by atoms with Crippen molar-refractivity contribution in [3.63, 3.8) is 0 Å². The van der Waals surface area contributed by atoms with Gasteiger partial charge in [0, 0.05) is 23.2 Å². The van der Waals surface area contributed by atoms with Crippen molar-refractivity contribution in [2.45, 2.75) is 33.5 Å². The number of para-hydroxylation sites is 2. The first-order valence-electron chi connectivity index (χ1n) is 17.9. The first-order valence-corrected chi connectivity index (χ1v) is 18.3. The van der Waals surface area contributed by atoms with E-state index in [1.54, 1.807) is 48.5 Å². The first kappa shape index (κ1) is 57.1. The molecule has 6 aromatic rings. The Morgan fingerprint density at radius 3 is 1.45 bits per heavy atom. The summed E-state index contributed by atoms with van der Waals surface area (Å²) in [5, 5.41) is 26.5. The summed E-state index contributed by atoms with van der Waals surface area (Å²) in [7, 11) is -1.00. The number of carbonyl (C=O) groups excluding carboxylic acids is 3. The smallest absolute Gasteiger partial charge is 1.00 e. The average molecular weight is 938 g/mol. The van der Waals surface area contributed by atoms with Gasteiger partial charge in [-0.15, -0.1) is 0 Å². The molecule has 14 heteroatoms. The van der Waals surface area contributed by atoms with Crippen LogP contribution in [0, 0.1) is 0 Å². The van der Waals surface area contributed by atoms with Gasteiger partial charge in [0.1, 0.15) is 23.0 Å². The molecule has 0 atom stereocenters. The van der Waals surface area contributed by atoms with Crippen molar-refractivity contribution in [1.82, 2.24) is 0 Å². The number of aryl methyl sites for hydroxylation is 1. The number of nitrogens with two attached hydrogens (primary N) is 1. The summed E-state index contributed by atoms with van der Waals surface area (Å²) in [5.74, 6) is 3.15. The molecule has 0 radical (unpaired) electrons. The summed E-state index contributed by atoms with van der Waals surface area (Å²) in [6.45, 7) is -0.101. The summed E-state index contributed by atoms with van der Waals surface area (Å²) in [4.78, 5) is 35.0. The topological polar surface area (TPSA) is 168 Å². The number of Topliss-reactive ketones (excluding diaryl/α,β-unsaturated/α-hetero) is 2.